The highest BCUT2D eigenvalue weighted by molar-refractivity contribution is 6.31. The highest BCUT2D eigenvalue weighted by Crippen LogP contribution is 2.33. The van der Waals surface area contributed by atoms with Crippen molar-refractivity contribution >= 4 is 23.2 Å². The van der Waals surface area contributed by atoms with Crippen LogP contribution in [0.1, 0.15) is 12.5 Å². The van der Waals surface area contributed by atoms with E-state index in [2.05, 4.69) is 5.32 Å². The zero-order valence-corrected chi connectivity index (χ0v) is 15.5. The Hall–Kier alpha value is -2.44. The summed E-state index contributed by atoms with van der Waals surface area (Å²) in [5, 5.41) is 3.40. The maximum atomic E-state index is 12.4. The molecule has 3 rings (SSSR count). The van der Waals surface area contributed by atoms with Crippen molar-refractivity contribution in [1.29, 1.82) is 0 Å². The maximum Gasteiger partial charge on any atom is 0.238 e. The minimum absolute atomic E-state index is 0.131. The van der Waals surface area contributed by atoms with Crippen LogP contribution in [0.25, 0.3) is 0 Å². The molecule has 0 unspecified atom stereocenters. The lowest BCUT2D eigenvalue weighted by Gasteiger charge is -2.20. The Kier molecular flexibility index (Phi) is 5.85. The van der Waals surface area contributed by atoms with Crippen LogP contribution < -0.4 is 19.5 Å². The summed E-state index contributed by atoms with van der Waals surface area (Å²) in [5.41, 5.74) is 1.62. The summed E-state index contributed by atoms with van der Waals surface area (Å²) in [7, 11) is 1.55. The lowest BCUT2D eigenvalue weighted by molar-refractivity contribution is -0.117. The Morgan fingerprint density at radius 1 is 1.23 bits per heavy atom. The number of fused-ring (bicyclic) bond motifs is 1. The van der Waals surface area contributed by atoms with Gasteiger partial charge in [-0.2, -0.15) is 0 Å². The minimum atomic E-state index is -0.131. The summed E-state index contributed by atoms with van der Waals surface area (Å²) < 4.78 is 16.0. The minimum Gasteiger partial charge on any atom is -0.495 e. The first-order valence-electron chi connectivity index (χ1n) is 8.33. The number of amides is 1. The van der Waals surface area contributed by atoms with Crippen LogP contribution in [0.5, 0.6) is 17.2 Å². The summed E-state index contributed by atoms with van der Waals surface area (Å²) in [6.45, 7) is 3.88. The number of carbonyl (C=O) groups excluding carboxylic acids is 1. The van der Waals surface area contributed by atoms with Crippen LogP contribution in [0, 0.1) is 0 Å². The molecule has 0 radical (unpaired) electrons. The van der Waals surface area contributed by atoms with E-state index in [1.54, 1.807) is 25.3 Å². The van der Waals surface area contributed by atoms with Gasteiger partial charge in [-0.25, -0.2) is 0 Å². The number of rotatable bonds is 7. The van der Waals surface area contributed by atoms with Gasteiger partial charge in [-0.15, -0.1) is 0 Å². The van der Waals surface area contributed by atoms with Crippen molar-refractivity contribution in [3.63, 3.8) is 0 Å². The molecule has 0 atom stereocenters. The van der Waals surface area contributed by atoms with Crippen molar-refractivity contribution in [3.8, 4) is 17.2 Å². The molecule has 6 nitrogen and oxygen atoms in total. The molecule has 0 aromatic heterocycles. The molecule has 0 spiro atoms. The molecule has 1 amide bonds. The Bertz CT molecular complexity index is 797. The standard InChI is InChI=1S/C19H21ClN2O4/c1-3-22(10-13-4-6-17-18(8-13)26-12-25-17)11-19(23)21-15-9-14(20)5-7-16(15)24-2/h4-9H,3,10-12H2,1-2H3,(H,21,23). The summed E-state index contributed by atoms with van der Waals surface area (Å²) in [4.78, 5) is 14.5. The molecule has 1 aliphatic rings. The number of anilines is 1. The number of hydrogen-bond acceptors (Lipinski definition) is 5. The van der Waals surface area contributed by atoms with Crippen molar-refractivity contribution in [1.82, 2.24) is 4.90 Å². The predicted molar refractivity (Wildman–Crippen MR) is 100 cm³/mol. The van der Waals surface area contributed by atoms with Crippen molar-refractivity contribution in [2.75, 3.05) is 32.3 Å². The third kappa shape index (κ3) is 4.39. The fraction of sp³-hybridized carbons (Fsp3) is 0.316. The smallest absolute Gasteiger partial charge is 0.238 e. The molecule has 2 aromatic rings. The van der Waals surface area contributed by atoms with Crippen molar-refractivity contribution in [2.24, 2.45) is 0 Å². The molecule has 1 heterocycles. The highest BCUT2D eigenvalue weighted by Gasteiger charge is 2.16. The molecule has 1 aliphatic heterocycles. The number of likely N-dealkylation sites (N-methyl/N-ethyl adjacent to an activating group) is 1. The van der Waals surface area contributed by atoms with Crippen LogP contribution in [0.3, 0.4) is 0 Å². The molecule has 7 heteroatoms. The number of nitrogens with one attached hydrogen (secondary N) is 1. The first-order chi connectivity index (χ1) is 12.6. The second kappa shape index (κ2) is 8.29. The lowest BCUT2D eigenvalue weighted by atomic mass is 10.2. The first kappa shape index (κ1) is 18.4. The van der Waals surface area contributed by atoms with Crippen LogP contribution in [0.2, 0.25) is 5.02 Å². The summed E-state index contributed by atoms with van der Waals surface area (Å²) in [6, 6.07) is 10.9. The quantitative estimate of drug-likeness (QED) is 0.801. The molecule has 0 saturated heterocycles. The van der Waals surface area contributed by atoms with Gasteiger partial charge < -0.3 is 19.5 Å². The third-order valence-electron chi connectivity index (χ3n) is 4.09. The average Bonchev–Trinajstić information content (AvgIpc) is 3.09. The summed E-state index contributed by atoms with van der Waals surface area (Å²) in [6.07, 6.45) is 0. The van der Waals surface area contributed by atoms with E-state index in [1.165, 1.54) is 0 Å². The van der Waals surface area contributed by atoms with E-state index in [1.807, 2.05) is 30.0 Å². The average molecular weight is 377 g/mol. The van der Waals surface area contributed by atoms with Gasteiger partial charge in [-0.1, -0.05) is 24.6 Å². The van der Waals surface area contributed by atoms with Gasteiger partial charge in [0.05, 0.1) is 19.3 Å². The van der Waals surface area contributed by atoms with Gasteiger partial charge in [-0.3, -0.25) is 9.69 Å². The SMILES string of the molecule is CCN(CC(=O)Nc1cc(Cl)ccc1OC)Cc1ccc2c(c1)OCO2. The van der Waals surface area contributed by atoms with Crippen LogP contribution in [-0.2, 0) is 11.3 Å². The van der Waals surface area contributed by atoms with E-state index in [0.717, 1.165) is 23.6 Å². The fourth-order valence-corrected chi connectivity index (χ4v) is 2.92. The van der Waals surface area contributed by atoms with Crippen LogP contribution in [-0.4, -0.2) is 37.8 Å². The summed E-state index contributed by atoms with van der Waals surface area (Å²) >= 11 is 6.00. The Labute approximate surface area is 157 Å². The first-order valence-corrected chi connectivity index (χ1v) is 8.71. The molecule has 0 aliphatic carbocycles. The molecule has 0 bridgehead atoms. The normalized spacial score (nSPS) is 12.3. The Morgan fingerprint density at radius 2 is 2.04 bits per heavy atom. The number of carbonyl (C=O) groups is 1. The van der Waals surface area contributed by atoms with E-state index in [-0.39, 0.29) is 19.2 Å². The monoisotopic (exact) mass is 376 g/mol. The van der Waals surface area contributed by atoms with Crippen molar-refractivity contribution in [3.05, 3.63) is 47.0 Å². The number of hydrogen-bond donors (Lipinski definition) is 1. The molecule has 0 fully saturated rings. The number of halogens is 1. The van der Waals surface area contributed by atoms with Gasteiger partial charge in [0.15, 0.2) is 11.5 Å². The van der Waals surface area contributed by atoms with E-state index in [4.69, 9.17) is 25.8 Å². The summed E-state index contributed by atoms with van der Waals surface area (Å²) in [5.74, 6) is 1.93. The van der Waals surface area contributed by atoms with Crippen LogP contribution in [0.15, 0.2) is 36.4 Å². The van der Waals surface area contributed by atoms with Crippen LogP contribution in [0.4, 0.5) is 5.69 Å². The predicted octanol–water partition coefficient (Wildman–Crippen LogP) is 3.54. The highest BCUT2D eigenvalue weighted by atomic mass is 35.5. The molecule has 26 heavy (non-hydrogen) atoms. The molecule has 138 valence electrons. The van der Waals surface area contributed by atoms with Gasteiger partial charge in [0, 0.05) is 11.6 Å². The number of nitrogens with zero attached hydrogens (tertiary/aromatic N) is 1. The van der Waals surface area contributed by atoms with E-state index >= 15 is 0 Å². The van der Waals surface area contributed by atoms with E-state index in [0.29, 0.717) is 23.0 Å². The van der Waals surface area contributed by atoms with Crippen molar-refractivity contribution in [2.45, 2.75) is 13.5 Å². The van der Waals surface area contributed by atoms with Gasteiger partial charge in [0.25, 0.3) is 0 Å². The molecule has 0 saturated carbocycles. The largest absolute Gasteiger partial charge is 0.495 e. The molecular weight excluding hydrogens is 356 g/mol. The van der Waals surface area contributed by atoms with Crippen LogP contribution >= 0.6 is 11.6 Å². The third-order valence-corrected chi connectivity index (χ3v) is 4.33. The number of benzene rings is 2. The van der Waals surface area contributed by atoms with Gasteiger partial charge in [0.1, 0.15) is 5.75 Å². The number of methoxy groups -OCH3 is 1. The van der Waals surface area contributed by atoms with E-state index < -0.39 is 0 Å². The van der Waals surface area contributed by atoms with E-state index in [9.17, 15) is 4.79 Å². The van der Waals surface area contributed by atoms with Gasteiger partial charge in [0.2, 0.25) is 12.7 Å². The van der Waals surface area contributed by atoms with Crippen molar-refractivity contribution < 1.29 is 19.0 Å². The topological polar surface area (TPSA) is 60.0 Å². The van der Waals surface area contributed by atoms with Gasteiger partial charge in [-0.05, 0) is 42.4 Å². The van der Waals surface area contributed by atoms with Gasteiger partial charge >= 0.3 is 0 Å². The molecule has 1 N–H and O–H groups in total. The Morgan fingerprint density at radius 3 is 2.81 bits per heavy atom. The second-order valence-corrected chi connectivity index (χ2v) is 6.32. The molecule has 2 aromatic carbocycles. The Balaban J connectivity index is 1.63. The maximum absolute atomic E-state index is 12.4. The lowest BCUT2D eigenvalue weighted by Crippen LogP contribution is -2.32. The second-order valence-electron chi connectivity index (χ2n) is 5.88. The fourth-order valence-electron chi connectivity index (χ4n) is 2.75. The zero-order valence-electron chi connectivity index (χ0n) is 14.8. The number of ether oxygens (including phenoxy) is 3. The molecular formula is C19H21ClN2O4. The zero-order chi connectivity index (χ0) is 18.5.